The van der Waals surface area contributed by atoms with Crippen LogP contribution in [0, 0.1) is 0 Å². The lowest BCUT2D eigenvalue weighted by Gasteiger charge is -1.92. The van der Waals surface area contributed by atoms with Crippen molar-refractivity contribution in [2.24, 2.45) is 0 Å². The molecule has 0 atom stereocenters. The second kappa shape index (κ2) is 3.70. The third-order valence-corrected chi connectivity index (χ3v) is 1.98. The van der Waals surface area contributed by atoms with Crippen molar-refractivity contribution in [1.29, 1.82) is 0 Å². The summed E-state index contributed by atoms with van der Waals surface area (Å²) in [5, 5.41) is 0. The Balaban J connectivity index is 1.92. The summed E-state index contributed by atoms with van der Waals surface area (Å²) in [4.78, 5) is 0. The van der Waals surface area contributed by atoms with Crippen molar-refractivity contribution in [3.8, 4) is 0 Å². The quantitative estimate of drug-likeness (QED) is 0.615. The summed E-state index contributed by atoms with van der Waals surface area (Å²) in [6, 6.07) is 0. The van der Waals surface area contributed by atoms with E-state index in [-0.39, 0.29) is 0 Å². The summed E-state index contributed by atoms with van der Waals surface area (Å²) in [5.74, 6) is 0. The summed E-state index contributed by atoms with van der Waals surface area (Å²) in [6.45, 7) is 3.03. The van der Waals surface area contributed by atoms with Crippen LogP contribution >= 0.6 is 0 Å². The lowest BCUT2D eigenvalue weighted by molar-refractivity contribution is 0.209. The molecule has 2 heteroatoms. The number of rotatable bonds is 2. The second-order valence-corrected chi connectivity index (χ2v) is 2.92. The maximum absolute atomic E-state index is 5.18. The maximum Gasteiger partial charge on any atom is 0.0718 e. The Kier molecular flexibility index (Phi) is 2.39. The summed E-state index contributed by atoms with van der Waals surface area (Å²) in [7, 11) is 0. The van der Waals surface area contributed by atoms with Crippen LogP contribution in [0.2, 0.25) is 0 Å². The van der Waals surface area contributed by atoms with E-state index in [1.54, 1.807) is 0 Å². The topological polar surface area (TPSA) is 18.5 Å². The van der Waals surface area contributed by atoms with Crippen LogP contribution in [0.1, 0.15) is 0 Å². The normalized spacial score (nSPS) is 23.3. The van der Waals surface area contributed by atoms with Crippen LogP contribution in [-0.4, -0.2) is 26.4 Å². The van der Waals surface area contributed by atoms with Gasteiger partial charge in [0, 0.05) is 0 Å². The number of hydrogen-bond acceptors (Lipinski definition) is 2. The van der Waals surface area contributed by atoms with E-state index in [9.17, 15) is 0 Å². The molecule has 0 aromatic rings. The van der Waals surface area contributed by atoms with Gasteiger partial charge in [0.25, 0.3) is 0 Å². The van der Waals surface area contributed by atoms with Crippen LogP contribution < -0.4 is 0 Å². The average Bonchev–Trinajstić information content (AvgIpc) is 2.74. The van der Waals surface area contributed by atoms with E-state index in [0.717, 1.165) is 26.4 Å². The molecule has 0 saturated carbocycles. The molecule has 0 saturated heterocycles. The Morgan fingerprint density at radius 2 is 1.42 bits per heavy atom. The van der Waals surface area contributed by atoms with Gasteiger partial charge in [-0.2, -0.15) is 0 Å². The minimum atomic E-state index is 0.755. The third kappa shape index (κ3) is 1.84. The van der Waals surface area contributed by atoms with Gasteiger partial charge in [0.1, 0.15) is 0 Å². The fraction of sp³-hybridized carbons (Fsp3) is 0.400. The van der Waals surface area contributed by atoms with Gasteiger partial charge in [-0.05, 0) is 11.1 Å². The smallest absolute Gasteiger partial charge is 0.0718 e. The standard InChI is InChI=1S/C10H12O2/c1(9-3-5-11-7-9)2-10-4-6-12-8-10/h1-4H,5-8H2/b2-1+. The first-order valence-electron chi connectivity index (χ1n) is 4.17. The van der Waals surface area contributed by atoms with Crippen LogP contribution in [0.15, 0.2) is 35.5 Å². The first-order chi connectivity index (χ1) is 5.95. The zero-order valence-corrected chi connectivity index (χ0v) is 6.95. The average molecular weight is 164 g/mol. The molecule has 0 N–H and O–H groups in total. The maximum atomic E-state index is 5.18. The lowest BCUT2D eigenvalue weighted by Crippen LogP contribution is -1.86. The molecular formula is C10H12O2. The van der Waals surface area contributed by atoms with Gasteiger partial charge in [0.05, 0.1) is 26.4 Å². The summed E-state index contributed by atoms with van der Waals surface area (Å²) in [6.07, 6.45) is 8.42. The van der Waals surface area contributed by atoms with E-state index in [1.807, 2.05) is 0 Å². The van der Waals surface area contributed by atoms with Crippen molar-refractivity contribution < 1.29 is 9.47 Å². The third-order valence-electron chi connectivity index (χ3n) is 1.98. The summed E-state index contributed by atoms with van der Waals surface area (Å²) >= 11 is 0. The Morgan fingerprint density at radius 3 is 1.75 bits per heavy atom. The molecule has 0 aromatic carbocycles. The van der Waals surface area contributed by atoms with Gasteiger partial charge >= 0.3 is 0 Å². The van der Waals surface area contributed by atoms with Gasteiger partial charge in [-0.15, -0.1) is 0 Å². The van der Waals surface area contributed by atoms with Crippen molar-refractivity contribution >= 4 is 0 Å². The molecule has 0 bridgehead atoms. The summed E-state index contributed by atoms with van der Waals surface area (Å²) in [5.41, 5.74) is 2.53. The van der Waals surface area contributed by atoms with Gasteiger partial charge in [0.2, 0.25) is 0 Å². The molecular weight excluding hydrogens is 152 g/mol. The van der Waals surface area contributed by atoms with E-state index < -0.39 is 0 Å². The van der Waals surface area contributed by atoms with Crippen LogP contribution in [0.5, 0.6) is 0 Å². The summed E-state index contributed by atoms with van der Waals surface area (Å²) < 4.78 is 10.4. The van der Waals surface area contributed by atoms with Gasteiger partial charge in [-0.1, -0.05) is 24.3 Å². The van der Waals surface area contributed by atoms with Gasteiger partial charge < -0.3 is 9.47 Å². The molecule has 2 aliphatic rings. The van der Waals surface area contributed by atoms with Crippen LogP contribution in [0.3, 0.4) is 0 Å². The van der Waals surface area contributed by atoms with Crippen LogP contribution in [0.25, 0.3) is 0 Å². The van der Waals surface area contributed by atoms with Crippen molar-refractivity contribution in [3.63, 3.8) is 0 Å². The van der Waals surface area contributed by atoms with Crippen molar-refractivity contribution in [1.82, 2.24) is 0 Å². The first-order valence-corrected chi connectivity index (χ1v) is 4.17. The molecule has 0 aliphatic carbocycles. The predicted molar refractivity (Wildman–Crippen MR) is 46.9 cm³/mol. The van der Waals surface area contributed by atoms with Gasteiger partial charge in [0.15, 0.2) is 0 Å². The first kappa shape index (κ1) is 7.77. The molecule has 2 heterocycles. The van der Waals surface area contributed by atoms with Gasteiger partial charge in [-0.25, -0.2) is 0 Å². The van der Waals surface area contributed by atoms with Crippen molar-refractivity contribution in [2.45, 2.75) is 0 Å². The monoisotopic (exact) mass is 164 g/mol. The predicted octanol–water partition coefficient (Wildman–Crippen LogP) is 1.46. The molecule has 2 rings (SSSR count). The Labute approximate surface area is 72.2 Å². The fourth-order valence-electron chi connectivity index (χ4n) is 1.25. The van der Waals surface area contributed by atoms with Crippen molar-refractivity contribution in [2.75, 3.05) is 26.4 Å². The highest BCUT2D eigenvalue weighted by Gasteiger charge is 2.02. The molecule has 64 valence electrons. The van der Waals surface area contributed by atoms with E-state index in [2.05, 4.69) is 24.3 Å². The highest BCUT2D eigenvalue weighted by molar-refractivity contribution is 5.30. The van der Waals surface area contributed by atoms with Gasteiger partial charge in [-0.3, -0.25) is 0 Å². The van der Waals surface area contributed by atoms with E-state index in [4.69, 9.17) is 9.47 Å². The molecule has 2 nitrogen and oxygen atoms in total. The van der Waals surface area contributed by atoms with Crippen LogP contribution in [0.4, 0.5) is 0 Å². The van der Waals surface area contributed by atoms with E-state index >= 15 is 0 Å². The molecule has 0 fully saturated rings. The fourth-order valence-corrected chi connectivity index (χ4v) is 1.25. The number of hydrogen-bond donors (Lipinski definition) is 0. The molecule has 0 spiro atoms. The van der Waals surface area contributed by atoms with Crippen LogP contribution in [-0.2, 0) is 9.47 Å². The molecule has 0 unspecified atom stereocenters. The minimum Gasteiger partial charge on any atom is -0.373 e. The van der Waals surface area contributed by atoms with E-state index in [1.165, 1.54) is 11.1 Å². The molecule has 0 aromatic heterocycles. The van der Waals surface area contributed by atoms with Crippen molar-refractivity contribution in [3.05, 3.63) is 35.5 Å². The zero-order valence-electron chi connectivity index (χ0n) is 6.95. The largest absolute Gasteiger partial charge is 0.373 e. The second-order valence-electron chi connectivity index (χ2n) is 2.92. The SMILES string of the molecule is C1=C(/C=C/C2=CCOC2)COC1. The zero-order chi connectivity index (χ0) is 8.23. The Bertz CT molecular complexity index is 223. The van der Waals surface area contributed by atoms with E-state index in [0.29, 0.717) is 0 Å². The molecule has 0 radical (unpaired) electrons. The molecule has 12 heavy (non-hydrogen) atoms. The number of ether oxygens (including phenoxy) is 2. The Morgan fingerprint density at radius 1 is 0.917 bits per heavy atom. The molecule has 0 amide bonds. The Hall–Kier alpha value is -0.860. The molecule has 2 aliphatic heterocycles. The highest BCUT2D eigenvalue weighted by Crippen LogP contribution is 2.10. The highest BCUT2D eigenvalue weighted by atomic mass is 16.5. The minimum absolute atomic E-state index is 0.755. The lowest BCUT2D eigenvalue weighted by atomic mass is 10.2.